The normalized spacial score (nSPS) is 11.2. The van der Waals surface area contributed by atoms with Gasteiger partial charge in [-0.2, -0.15) is 4.99 Å². The van der Waals surface area contributed by atoms with Gasteiger partial charge < -0.3 is 18.8 Å². The molecule has 1 amide bonds. The molecule has 0 radical (unpaired) electrons. The number of carbonyl (C=O) groups excluding carboxylic acids is 2. The molecular weight excluding hydrogens is 392 g/mol. The van der Waals surface area contributed by atoms with Crippen molar-refractivity contribution in [3.05, 3.63) is 52.3 Å². The summed E-state index contributed by atoms with van der Waals surface area (Å²) in [6.45, 7) is 0.215. The minimum atomic E-state index is -0.523. The van der Waals surface area contributed by atoms with Crippen molar-refractivity contribution in [3.63, 3.8) is 0 Å². The molecule has 7 nitrogen and oxygen atoms in total. The summed E-state index contributed by atoms with van der Waals surface area (Å²) < 4.78 is 17.8. The summed E-state index contributed by atoms with van der Waals surface area (Å²) in [5.74, 6) is 2.31. The molecule has 0 aliphatic heterocycles. The van der Waals surface area contributed by atoms with Gasteiger partial charge in [-0.3, -0.25) is 4.79 Å². The number of ether oxygens (including phenoxy) is 3. The first-order valence-corrected chi connectivity index (χ1v) is 9.31. The number of terminal acetylenes is 1. The Hall–Kier alpha value is -3.57. The lowest BCUT2D eigenvalue weighted by atomic mass is 10.1. The number of nitrogens with zero attached hydrogens (tertiary/aromatic N) is 2. The van der Waals surface area contributed by atoms with Crippen LogP contribution in [0.1, 0.15) is 20.7 Å². The fraction of sp³-hybridized carbons (Fsp3) is 0.190. The second-order valence-corrected chi connectivity index (χ2v) is 6.81. The number of thiazole rings is 1. The summed E-state index contributed by atoms with van der Waals surface area (Å²) in [4.78, 5) is 29.5. The average molecular weight is 410 g/mol. The standard InChI is InChI=1S/C21H18N2O5S/c1-5-11-23-14-10-9-13(20(25)28-4)12-17(14)29-21(23)22-19(24)18-15(26-2)7-6-8-16(18)27-3/h1,6-10,12H,11H2,2-4H3. The minimum absolute atomic E-state index is 0.215. The molecule has 0 fully saturated rings. The SMILES string of the molecule is C#CCn1c(=NC(=O)c2c(OC)cccc2OC)sc2cc(C(=O)OC)ccc21. The summed E-state index contributed by atoms with van der Waals surface area (Å²) in [5, 5.41) is 0. The van der Waals surface area contributed by atoms with Crippen LogP contribution in [0, 0.1) is 12.3 Å². The van der Waals surface area contributed by atoms with Crippen molar-refractivity contribution in [2.45, 2.75) is 6.54 Å². The first-order chi connectivity index (χ1) is 14.0. The van der Waals surface area contributed by atoms with E-state index in [1.807, 2.05) is 0 Å². The van der Waals surface area contributed by atoms with Gasteiger partial charge >= 0.3 is 5.97 Å². The van der Waals surface area contributed by atoms with Crippen LogP contribution >= 0.6 is 11.3 Å². The molecule has 1 heterocycles. The minimum Gasteiger partial charge on any atom is -0.496 e. The smallest absolute Gasteiger partial charge is 0.337 e. The number of fused-ring (bicyclic) bond motifs is 1. The zero-order valence-corrected chi connectivity index (χ0v) is 16.9. The van der Waals surface area contributed by atoms with Gasteiger partial charge in [-0.05, 0) is 30.3 Å². The summed E-state index contributed by atoms with van der Waals surface area (Å²) in [6, 6.07) is 10.1. The van der Waals surface area contributed by atoms with Crippen LogP contribution < -0.4 is 14.3 Å². The molecule has 0 atom stereocenters. The fourth-order valence-corrected chi connectivity index (χ4v) is 3.92. The number of esters is 1. The van der Waals surface area contributed by atoms with Crippen LogP contribution in [0.25, 0.3) is 10.2 Å². The zero-order chi connectivity index (χ0) is 21.0. The van der Waals surface area contributed by atoms with Gasteiger partial charge in [0.15, 0.2) is 4.80 Å². The maximum absolute atomic E-state index is 13.0. The largest absolute Gasteiger partial charge is 0.496 e. The van der Waals surface area contributed by atoms with Gasteiger partial charge in [0.1, 0.15) is 17.1 Å². The third kappa shape index (κ3) is 3.86. The molecule has 29 heavy (non-hydrogen) atoms. The molecule has 0 aliphatic rings. The van der Waals surface area contributed by atoms with Crippen LogP contribution in [-0.4, -0.2) is 37.8 Å². The molecule has 0 saturated heterocycles. The van der Waals surface area contributed by atoms with E-state index in [4.69, 9.17) is 20.6 Å². The van der Waals surface area contributed by atoms with E-state index < -0.39 is 11.9 Å². The van der Waals surface area contributed by atoms with E-state index in [1.54, 1.807) is 41.0 Å². The molecule has 0 unspecified atom stereocenters. The van der Waals surface area contributed by atoms with Crippen molar-refractivity contribution < 1.29 is 23.8 Å². The van der Waals surface area contributed by atoms with Crippen LogP contribution in [0.5, 0.6) is 11.5 Å². The fourth-order valence-electron chi connectivity index (χ4n) is 2.85. The molecule has 148 valence electrons. The van der Waals surface area contributed by atoms with Crippen molar-refractivity contribution in [2.75, 3.05) is 21.3 Å². The highest BCUT2D eigenvalue weighted by Gasteiger charge is 2.19. The van der Waals surface area contributed by atoms with Gasteiger partial charge in [-0.15, -0.1) is 6.42 Å². The van der Waals surface area contributed by atoms with E-state index in [1.165, 1.54) is 32.7 Å². The van der Waals surface area contributed by atoms with Crippen molar-refractivity contribution in [3.8, 4) is 23.8 Å². The van der Waals surface area contributed by atoms with E-state index in [0.29, 0.717) is 21.9 Å². The molecule has 0 N–H and O–H groups in total. The number of methoxy groups -OCH3 is 3. The lowest BCUT2D eigenvalue weighted by Gasteiger charge is -2.09. The van der Waals surface area contributed by atoms with Gasteiger partial charge in [0.25, 0.3) is 5.91 Å². The maximum Gasteiger partial charge on any atom is 0.337 e. The molecule has 0 saturated carbocycles. The number of carbonyl (C=O) groups is 2. The Balaban J connectivity index is 2.20. The Labute approximate surface area is 171 Å². The maximum atomic E-state index is 13.0. The number of hydrogen-bond donors (Lipinski definition) is 0. The van der Waals surface area contributed by atoms with Gasteiger partial charge in [0.2, 0.25) is 0 Å². The first kappa shape index (κ1) is 20.2. The Morgan fingerprint density at radius 2 is 1.83 bits per heavy atom. The number of rotatable bonds is 5. The zero-order valence-electron chi connectivity index (χ0n) is 16.1. The number of amides is 1. The summed E-state index contributed by atoms with van der Waals surface area (Å²) in [6.07, 6.45) is 5.51. The van der Waals surface area contributed by atoms with Gasteiger partial charge in [-0.25, -0.2) is 4.79 Å². The second-order valence-electron chi connectivity index (χ2n) is 5.80. The predicted octanol–water partition coefficient (Wildman–Crippen LogP) is 2.88. The molecule has 3 rings (SSSR count). The van der Waals surface area contributed by atoms with Crippen molar-refractivity contribution >= 4 is 33.4 Å². The quantitative estimate of drug-likeness (QED) is 0.477. The highest BCUT2D eigenvalue weighted by molar-refractivity contribution is 7.16. The number of benzene rings is 2. The van der Waals surface area contributed by atoms with Crippen LogP contribution in [0.4, 0.5) is 0 Å². The summed E-state index contributed by atoms with van der Waals surface area (Å²) in [7, 11) is 4.26. The summed E-state index contributed by atoms with van der Waals surface area (Å²) in [5.41, 5.74) is 1.38. The Morgan fingerprint density at radius 3 is 2.41 bits per heavy atom. The molecule has 0 aliphatic carbocycles. The molecule has 0 bridgehead atoms. The van der Waals surface area contributed by atoms with Crippen molar-refractivity contribution in [1.82, 2.24) is 4.57 Å². The first-order valence-electron chi connectivity index (χ1n) is 8.49. The Kier molecular flexibility index (Phi) is 6.00. The van der Waals surface area contributed by atoms with Crippen LogP contribution in [0.2, 0.25) is 0 Å². The third-order valence-electron chi connectivity index (χ3n) is 4.19. The van der Waals surface area contributed by atoms with Gasteiger partial charge in [0.05, 0.1) is 43.7 Å². The van der Waals surface area contributed by atoms with Crippen LogP contribution in [-0.2, 0) is 11.3 Å². The predicted molar refractivity (Wildman–Crippen MR) is 109 cm³/mol. The molecular formula is C21H18N2O5S. The van der Waals surface area contributed by atoms with Gasteiger partial charge in [-0.1, -0.05) is 23.3 Å². The van der Waals surface area contributed by atoms with E-state index in [-0.39, 0.29) is 12.1 Å². The van der Waals surface area contributed by atoms with E-state index in [0.717, 1.165) is 10.2 Å². The number of aromatic nitrogens is 1. The highest BCUT2D eigenvalue weighted by atomic mass is 32.1. The third-order valence-corrected chi connectivity index (χ3v) is 5.23. The van der Waals surface area contributed by atoms with Crippen molar-refractivity contribution in [2.24, 2.45) is 4.99 Å². The van der Waals surface area contributed by atoms with Crippen LogP contribution in [0.3, 0.4) is 0 Å². The topological polar surface area (TPSA) is 79.1 Å². The second kappa shape index (κ2) is 8.63. The average Bonchev–Trinajstić information content (AvgIpc) is 3.08. The Morgan fingerprint density at radius 1 is 1.14 bits per heavy atom. The van der Waals surface area contributed by atoms with Gasteiger partial charge in [0, 0.05) is 0 Å². The summed E-state index contributed by atoms with van der Waals surface area (Å²) >= 11 is 1.25. The molecule has 3 aromatic rings. The van der Waals surface area contributed by atoms with Crippen LogP contribution in [0.15, 0.2) is 41.4 Å². The molecule has 0 spiro atoms. The van der Waals surface area contributed by atoms with E-state index in [9.17, 15) is 9.59 Å². The van der Waals surface area contributed by atoms with E-state index in [2.05, 4.69) is 10.9 Å². The lowest BCUT2D eigenvalue weighted by molar-refractivity contribution is 0.0600. The van der Waals surface area contributed by atoms with E-state index >= 15 is 0 Å². The molecule has 1 aromatic heterocycles. The molecule has 8 heteroatoms. The van der Waals surface area contributed by atoms with Crippen molar-refractivity contribution in [1.29, 1.82) is 0 Å². The lowest BCUT2D eigenvalue weighted by Crippen LogP contribution is -2.17. The monoisotopic (exact) mass is 410 g/mol. The number of hydrogen-bond acceptors (Lipinski definition) is 6. The highest BCUT2D eigenvalue weighted by Crippen LogP contribution is 2.29. The Bertz CT molecular complexity index is 1180. The molecule has 2 aromatic carbocycles.